The van der Waals surface area contributed by atoms with Gasteiger partial charge in [-0.3, -0.25) is 4.79 Å². The maximum atomic E-state index is 12.9. The Morgan fingerprint density at radius 2 is 1.88 bits per heavy atom. The van der Waals surface area contributed by atoms with Crippen LogP contribution in [0.3, 0.4) is 0 Å². The van der Waals surface area contributed by atoms with E-state index in [0.29, 0.717) is 5.13 Å². The number of nitrogens with zero attached hydrogens (tertiary/aromatic N) is 1. The zero-order valence-electron chi connectivity index (χ0n) is 13.0. The summed E-state index contributed by atoms with van der Waals surface area (Å²) in [6.07, 6.45) is 0. The molecule has 6 heteroatoms. The zero-order chi connectivity index (χ0) is 16.9. The average molecular weight is 358 g/mol. The van der Waals surface area contributed by atoms with Crippen molar-refractivity contribution in [1.82, 2.24) is 4.98 Å². The minimum Gasteiger partial charge on any atom is -0.301 e. The van der Waals surface area contributed by atoms with Gasteiger partial charge in [0, 0.05) is 15.3 Å². The molecule has 1 heterocycles. The summed E-state index contributed by atoms with van der Waals surface area (Å²) < 4.78 is 12.9. The number of thioether (sulfide) groups is 1. The second kappa shape index (κ2) is 7.59. The number of hydrogen-bond acceptors (Lipinski definition) is 4. The predicted molar refractivity (Wildman–Crippen MR) is 98.0 cm³/mol. The quantitative estimate of drug-likeness (QED) is 0.654. The van der Waals surface area contributed by atoms with Gasteiger partial charge in [0.25, 0.3) is 0 Å². The lowest BCUT2D eigenvalue weighted by molar-refractivity contribution is -0.113. The Morgan fingerprint density at radius 1 is 1.17 bits per heavy atom. The number of amides is 1. The molecule has 24 heavy (non-hydrogen) atoms. The van der Waals surface area contributed by atoms with Crippen LogP contribution < -0.4 is 5.32 Å². The van der Waals surface area contributed by atoms with Crippen molar-refractivity contribution < 1.29 is 9.18 Å². The predicted octanol–water partition coefficient (Wildman–Crippen LogP) is 4.99. The third-order valence-corrected chi connectivity index (χ3v) is 5.17. The van der Waals surface area contributed by atoms with Gasteiger partial charge in [-0.2, -0.15) is 0 Å². The van der Waals surface area contributed by atoms with Crippen molar-refractivity contribution in [2.24, 2.45) is 0 Å². The summed E-state index contributed by atoms with van der Waals surface area (Å²) in [5.41, 5.74) is 1.93. The van der Waals surface area contributed by atoms with E-state index in [1.54, 1.807) is 12.1 Å². The first-order valence-electron chi connectivity index (χ1n) is 7.33. The van der Waals surface area contributed by atoms with Gasteiger partial charge in [-0.15, -0.1) is 23.1 Å². The van der Waals surface area contributed by atoms with Crippen LogP contribution in [0.15, 0.2) is 59.5 Å². The molecule has 0 saturated carbocycles. The number of thiazole rings is 1. The fourth-order valence-corrected chi connectivity index (χ4v) is 3.70. The second-order valence-corrected chi connectivity index (χ2v) is 7.33. The highest BCUT2D eigenvalue weighted by Gasteiger charge is 2.12. The molecule has 1 aromatic heterocycles. The summed E-state index contributed by atoms with van der Waals surface area (Å²) in [4.78, 5) is 18.5. The lowest BCUT2D eigenvalue weighted by Gasteiger charge is -2.02. The maximum Gasteiger partial charge on any atom is 0.236 e. The molecule has 2 aromatic carbocycles. The number of halogens is 1. The van der Waals surface area contributed by atoms with Gasteiger partial charge in [-0.1, -0.05) is 30.3 Å². The molecule has 0 spiro atoms. The highest BCUT2D eigenvalue weighted by atomic mass is 32.2. The molecule has 3 nitrogen and oxygen atoms in total. The third kappa shape index (κ3) is 4.21. The monoisotopic (exact) mass is 358 g/mol. The Labute approximate surface area is 148 Å². The number of hydrogen-bond donors (Lipinski definition) is 1. The summed E-state index contributed by atoms with van der Waals surface area (Å²) in [7, 11) is 0. The van der Waals surface area contributed by atoms with E-state index in [1.807, 2.05) is 37.3 Å². The van der Waals surface area contributed by atoms with Gasteiger partial charge in [0.2, 0.25) is 5.91 Å². The Morgan fingerprint density at radius 3 is 2.58 bits per heavy atom. The molecule has 0 unspecified atom stereocenters. The van der Waals surface area contributed by atoms with Crippen LogP contribution in [0.4, 0.5) is 9.52 Å². The summed E-state index contributed by atoms with van der Waals surface area (Å²) in [6.45, 7) is 1.99. The molecule has 0 aliphatic rings. The van der Waals surface area contributed by atoms with Crippen molar-refractivity contribution in [3.63, 3.8) is 0 Å². The van der Waals surface area contributed by atoms with Crippen LogP contribution in [0.1, 0.15) is 4.88 Å². The van der Waals surface area contributed by atoms with Crippen molar-refractivity contribution in [2.45, 2.75) is 11.8 Å². The first-order valence-corrected chi connectivity index (χ1v) is 9.13. The van der Waals surface area contributed by atoms with Gasteiger partial charge in [-0.05, 0) is 31.2 Å². The standard InChI is InChI=1S/C18H15FN2OS2/c1-12-17(13-5-3-2-4-6-13)21-18(24-12)20-16(22)11-23-15-9-7-14(19)8-10-15/h2-10H,11H2,1H3,(H,20,21,22). The fraction of sp³-hybridized carbons (Fsp3) is 0.111. The lowest BCUT2D eigenvalue weighted by atomic mass is 10.1. The zero-order valence-corrected chi connectivity index (χ0v) is 14.6. The molecule has 0 radical (unpaired) electrons. The number of carbonyl (C=O) groups is 1. The Kier molecular flexibility index (Phi) is 5.27. The number of benzene rings is 2. The van der Waals surface area contributed by atoms with E-state index in [2.05, 4.69) is 10.3 Å². The van der Waals surface area contributed by atoms with E-state index in [0.717, 1.165) is 21.0 Å². The van der Waals surface area contributed by atoms with E-state index in [1.165, 1.54) is 35.2 Å². The van der Waals surface area contributed by atoms with E-state index in [-0.39, 0.29) is 17.5 Å². The number of carbonyl (C=O) groups excluding carboxylic acids is 1. The Bertz CT molecular complexity index is 832. The first-order chi connectivity index (χ1) is 11.6. The summed E-state index contributed by atoms with van der Waals surface area (Å²) in [5, 5.41) is 3.42. The molecule has 122 valence electrons. The van der Waals surface area contributed by atoms with Crippen molar-refractivity contribution in [1.29, 1.82) is 0 Å². The van der Waals surface area contributed by atoms with Crippen LogP contribution in [0.25, 0.3) is 11.3 Å². The molecular formula is C18H15FN2OS2. The van der Waals surface area contributed by atoms with E-state index in [9.17, 15) is 9.18 Å². The van der Waals surface area contributed by atoms with Gasteiger partial charge in [0.1, 0.15) is 5.82 Å². The minimum absolute atomic E-state index is 0.127. The van der Waals surface area contributed by atoms with Crippen LogP contribution >= 0.6 is 23.1 Å². The Hall–Kier alpha value is -2.18. The first kappa shape index (κ1) is 16.7. The molecule has 0 atom stereocenters. The van der Waals surface area contributed by atoms with Crippen LogP contribution in [-0.4, -0.2) is 16.6 Å². The molecule has 0 fully saturated rings. The summed E-state index contributed by atoms with van der Waals surface area (Å²) in [5.74, 6) is -0.154. The summed E-state index contributed by atoms with van der Waals surface area (Å²) in [6, 6.07) is 16.0. The molecule has 0 bridgehead atoms. The van der Waals surface area contributed by atoms with E-state index < -0.39 is 0 Å². The van der Waals surface area contributed by atoms with Gasteiger partial charge in [0.05, 0.1) is 11.4 Å². The fourth-order valence-electron chi connectivity index (χ4n) is 2.15. The second-order valence-electron chi connectivity index (χ2n) is 5.08. The molecule has 3 rings (SSSR count). The van der Waals surface area contributed by atoms with Crippen LogP contribution in [0, 0.1) is 12.7 Å². The normalized spacial score (nSPS) is 10.6. The molecule has 1 amide bonds. The van der Waals surface area contributed by atoms with Crippen molar-refractivity contribution in [3.05, 3.63) is 65.3 Å². The van der Waals surface area contributed by atoms with Crippen LogP contribution in [0.5, 0.6) is 0 Å². The smallest absolute Gasteiger partial charge is 0.236 e. The third-order valence-electron chi connectivity index (χ3n) is 3.27. The number of nitrogens with one attached hydrogen (secondary N) is 1. The molecule has 0 aliphatic heterocycles. The van der Waals surface area contributed by atoms with Gasteiger partial charge in [-0.25, -0.2) is 9.37 Å². The lowest BCUT2D eigenvalue weighted by Crippen LogP contribution is -2.13. The number of aromatic nitrogens is 1. The van der Waals surface area contributed by atoms with Gasteiger partial charge >= 0.3 is 0 Å². The number of aryl methyl sites for hydroxylation is 1. The number of anilines is 1. The maximum absolute atomic E-state index is 12.9. The number of rotatable bonds is 5. The van der Waals surface area contributed by atoms with E-state index >= 15 is 0 Å². The van der Waals surface area contributed by atoms with Crippen molar-refractivity contribution in [2.75, 3.05) is 11.1 Å². The highest BCUT2D eigenvalue weighted by molar-refractivity contribution is 8.00. The molecule has 0 aliphatic carbocycles. The molecule has 3 aromatic rings. The van der Waals surface area contributed by atoms with Crippen molar-refractivity contribution in [3.8, 4) is 11.3 Å². The average Bonchev–Trinajstić information content (AvgIpc) is 2.95. The van der Waals surface area contributed by atoms with Crippen LogP contribution in [-0.2, 0) is 4.79 Å². The largest absolute Gasteiger partial charge is 0.301 e. The Balaban J connectivity index is 1.61. The SMILES string of the molecule is Cc1sc(NC(=O)CSc2ccc(F)cc2)nc1-c1ccccc1. The molecule has 0 saturated heterocycles. The van der Waals surface area contributed by atoms with Crippen molar-refractivity contribution >= 4 is 34.1 Å². The molecular weight excluding hydrogens is 343 g/mol. The highest BCUT2D eigenvalue weighted by Crippen LogP contribution is 2.30. The van der Waals surface area contributed by atoms with Gasteiger partial charge < -0.3 is 5.32 Å². The minimum atomic E-state index is -0.282. The topological polar surface area (TPSA) is 42.0 Å². The van der Waals surface area contributed by atoms with E-state index in [4.69, 9.17) is 0 Å². The summed E-state index contributed by atoms with van der Waals surface area (Å²) >= 11 is 2.82. The molecule has 1 N–H and O–H groups in total. The van der Waals surface area contributed by atoms with Gasteiger partial charge in [0.15, 0.2) is 5.13 Å². The van der Waals surface area contributed by atoms with Crippen LogP contribution in [0.2, 0.25) is 0 Å².